The van der Waals surface area contributed by atoms with Crippen LogP contribution in [0.15, 0.2) is 36.4 Å². The molecule has 0 aliphatic heterocycles. The van der Waals surface area contributed by atoms with E-state index in [1.54, 1.807) is 6.92 Å². The van der Waals surface area contributed by atoms with Crippen LogP contribution in [0, 0.1) is 4.77 Å². The fourth-order valence-corrected chi connectivity index (χ4v) is 1.74. The molecule has 76 valence electrons. The molecule has 2 rings (SSSR count). The Bertz CT molecular complexity index is 606. The fraction of sp³-hybridized carbons (Fsp3) is 0.0909. The molecule has 1 aromatic carbocycles. The summed E-state index contributed by atoms with van der Waals surface area (Å²) in [5.74, 6) is -0.169. The van der Waals surface area contributed by atoms with Gasteiger partial charge < -0.3 is 4.98 Å². The van der Waals surface area contributed by atoms with Crippen molar-refractivity contribution in [2.24, 2.45) is 0 Å². The number of hydrogen-bond acceptors (Lipinski definition) is 2. The largest absolute Gasteiger partial charge is 0.330 e. The molecule has 0 radical (unpaired) electrons. The van der Waals surface area contributed by atoms with Gasteiger partial charge in [0, 0.05) is 5.57 Å². The third kappa shape index (κ3) is 1.53. The Labute approximate surface area is 92.0 Å². The maximum atomic E-state index is 11.8. The monoisotopic (exact) mass is 218 g/mol. The summed E-state index contributed by atoms with van der Waals surface area (Å²) in [6, 6.07) is 7.49. The molecule has 3 nitrogen and oxygen atoms in total. The first kappa shape index (κ1) is 9.86. The average molecular weight is 218 g/mol. The zero-order valence-electron chi connectivity index (χ0n) is 8.28. The molecule has 2 aromatic rings. The first-order valence-electron chi connectivity index (χ1n) is 4.51. The van der Waals surface area contributed by atoms with E-state index >= 15 is 0 Å². The van der Waals surface area contributed by atoms with E-state index in [2.05, 4.69) is 11.6 Å². The van der Waals surface area contributed by atoms with Gasteiger partial charge >= 0.3 is 0 Å². The number of nitrogens with zero attached hydrogens (tertiary/aromatic N) is 1. The number of benzene rings is 1. The van der Waals surface area contributed by atoms with Crippen LogP contribution < -0.4 is 0 Å². The van der Waals surface area contributed by atoms with Gasteiger partial charge in [-0.2, -0.15) is 0 Å². The normalized spacial score (nSPS) is 10.5. The highest BCUT2D eigenvalue weighted by Crippen LogP contribution is 2.14. The Morgan fingerprint density at radius 2 is 2.13 bits per heavy atom. The number of H-pyrrole nitrogens is 1. The van der Waals surface area contributed by atoms with E-state index in [0.29, 0.717) is 10.3 Å². The van der Waals surface area contributed by atoms with Gasteiger partial charge in [-0.15, -0.1) is 0 Å². The van der Waals surface area contributed by atoms with Crippen LogP contribution in [-0.2, 0) is 0 Å². The number of fused-ring (bicyclic) bond motifs is 1. The van der Waals surface area contributed by atoms with E-state index in [1.807, 2.05) is 24.3 Å². The van der Waals surface area contributed by atoms with Crippen molar-refractivity contribution in [1.82, 2.24) is 9.55 Å². The number of hydrogen-bond donors (Lipinski definition) is 1. The number of aromatic amines is 1. The van der Waals surface area contributed by atoms with E-state index in [9.17, 15) is 4.79 Å². The molecule has 0 unspecified atom stereocenters. The average Bonchev–Trinajstić information content (AvgIpc) is 2.52. The highest BCUT2D eigenvalue weighted by atomic mass is 32.1. The Hall–Kier alpha value is -1.68. The van der Waals surface area contributed by atoms with Gasteiger partial charge in [0.1, 0.15) is 0 Å². The topological polar surface area (TPSA) is 37.8 Å². The molecule has 0 fully saturated rings. The number of aromatic nitrogens is 2. The minimum Gasteiger partial charge on any atom is -0.330 e. The molecular weight excluding hydrogens is 208 g/mol. The smallest absolute Gasteiger partial charge is 0.259 e. The Morgan fingerprint density at radius 3 is 2.80 bits per heavy atom. The summed E-state index contributed by atoms with van der Waals surface area (Å²) in [5.41, 5.74) is 2.11. The van der Waals surface area contributed by atoms with Crippen molar-refractivity contribution in [3.05, 3.63) is 41.2 Å². The summed E-state index contributed by atoms with van der Waals surface area (Å²) in [4.78, 5) is 14.8. The molecule has 0 saturated carbocycles. The molecule has 1 N–H and O–H groups in total. The van der Waals surface area contributed by atoms with Crippen LogP contribution >= 0.6 is 12.2 Å². The van der Waals surface area contributed by atoms with Crippen molar-refractivity contribution >= 4 is 29.2 Å². The number of nitrogens with one attached hydrogen (secondary N) is 1. The zero-order valence-corrected chi connectivity index (χ0v) is 9.10. The third-order valence-electron chi connectivity index (χ3n) is 2.16. The van der Waals surface area contributed by atoms with Gasteiger partial charge in [0.15, 0.2) is 4.77 Å². The molecule has 0 bridgehead atoms. The Morgan fingerprint density at radius 1 is 1.47 bits per heavy atom. The Kier molecular flexibility index (Phi) is 2.28. The first-order chi connectivity index (χ1) is 7.11. The highest BCUT2D eigenvalue weighted by Gasteiger charge is 2.11. The van der Waals surface area contributed by atoms with Crippen LogP contribution in [-0.4, -0.2) is 15.5 Å². The van der Waals surface area contributed by atoms with Gasteiger partial charge in [0.05, 0.1) is 11.0 Å². The minimum atomic E-state index is -0.169. The maximum Gasteiger partial charge on any atom is 0.259 e. The second-order valence-corrected chi connectivity index (χ2v) is 3.75. The van der Waals surface area contributed by atoms with Crippen molar-refractivity contribution in [1.29, 1.82) is 0 Å². The van der Waals surface area contributed by atoms with Crippen LogP contribution in [0.4, 0.5) is 0 Å². The molecule has 1 aromatic heterocycles. The quantitative estimate of drug-likeness (QED) is 0.590. The van der Waals surface area contributed by atoms with Gasteiger partial charge in [-0.1, -0.05) is 18.7 Å². The Balaban J connectivity index is 2.80. The molecule has 0 amide bonds. The summed E-state index contributed by atoms with van der Waals surface area (Å²) >= 11 is 5.09. The van der Waals surface area contributed by atoms with Crippen LogP contribution in [0.3, 0.4) is 0 Å². The second-order valence-electron chi connectivity index (χ2n) is 3.37. The van der Waals surface area contributed by atoms with Crippen LogP contribution in [0.5, 0.6) is 0 Å². The van der Waals surface area contributed by atoms with Gasteiger partial charge in [-0.3, -0.25) is 9.36 Å². The summed E-state index contributed by atoms with van der Waals surface area (Å²) in [6.07, 6.45) is 0. The second kappa shape index (κ2) is 3.47. The molecular formula is C11H10N2OS. The van der Waals surface area contributed by atoms with Gasteiger partial charge in [0.25, 0.3) is 5.91 Å². The zero-order chi connectivity index (χ0) is 11.0. The van der Waals surface area contributed by atoms with Gasteiger partial charge in [-0.25, -0.2) is 0 Å². The summed E-state index contributed by atoms with van der Waals surface area (Å²) in [5, 5.41) is 0. The molecule has 0 atom stereocenters. The lowest BCUT2D eigenvalue weighted by Crippen LogP contribution is -2.10. The van der Waals surface area contributed by atoms with Crippen molar-refractivity contribution in [2.45, 2.75) is 6.92 Å². The van der Waals surface area contributed by atoms with E-state index in [0.717, 1.165) is 11.0 Å². The van der Waals surface area contributed by atoms with E-state index in [4.69, 9.17) is 12.2 Å². The molecule has 0 aliphatic rings. The number of allylic oxidation sites excluding steroid dienone is 1. The predicted octanol–water partition coefficient (Wildman–Crippen LogP) is 2.92. The van der Waals surface area contributed by atoms with Crippen molar-refractivity contribution in [3.8, 4) is 0 Å². The van der Waals surface area contributed by atoms with Gasteiger partial charge in [-0.05, 0) is 31.3 Å². The number of imidazole rings is 1. The molecule has 0 aliphatic carbocycles. The van der Waals surface area contributed by atoms with Crippen molar-refractivity contribution in [2.75, 3.05) is 0 Å². The van der Waals surface area contributed by atoms with Crippen molar-refractivity contribution < 1.29 is 4.79 Å². The molecule has 0 spiro atoms. The molecule has 1 heterocycles. The van der Waals surface area contributed by atoms with Crippen LogP contribution in [0.2, 0.25) is 0 Å². The van der Waals surface area contributed by atoms with Gasteiger partial charge in [0.2, 0.25) is 0 Å². The van der Waals surface area contributed by atoms with E-state index in [1.165, 1.54) is 4.57 Å². The van der Waals surface area contributed by atoms with Crippen molar-refractivity contribution in [3.63, 3.8) is 0 Å². The number of carbonyl (C=O) groups is 1. The van der Waals surface area contributed by atoms with Crippen LogP contribution in [0.1, 0.15) is 11.7 Å². The maximum absolute atomic E-state index is 11.8. The van der Waals surface area contributed by atoms with E-state index < -0.39 is 0 Å². The first-order valence-corrected chi connectivity index (χ1v) is 4.92. The number of para-hydroxylation sites is 2. The summed E-state index contributed by atoms with van der Waals surface area (Å²) in [6.45, 7) is 5.30. The lowest BCUT2D eigenvalue weighted by atomic mass is 10.3. The number of carbonyl (C=O) groups excluding carboxylic acids is 1. The van der Waals surface area contributed by atoms with E-state index in [-0.39, 0.29) is 5.91 Å². The molecule has 4 heteroatoms. The lowest BCUT2D eigenvalue weighted by molar-refractivity contribution is 0.0958. The summed E-state index contributed by atoms with van der Waals surface area (Å²) in [7, 11) is 0. The highest BCUT2D eigenvalue weighted by molar-refractivity contribution is 7.71. The summed E-state index contributed by atoms with van der Waals surface area (Å²) < 4.78 is 1.87. The lowest BCUT2D eigenvalue weighted by Gasteiger charge is -2.01. The SMILES string of the molecule is C=C(C)C(=O)n1c(=S)[nH]c2ccccc21. The molecule has 0 saturated heterocycles. The van der Waals surface area contributed by atoms with Crippen LogP contribution in [0.25, 0.3) is 11.0 Å². The molecule has 15 heavy (non-hydrogen) atoms. The predicted molar refractivity (Wildman–Crippen MR) is 62.6 cm³/mol. The number of rotatable bonds is 1. The third-order valence-corrected chi connectivity index (χ3v) is 2.44. The fourth-order valence-electron chi connectivity index (χ4n) is 1.45. The minimum absolute atomic E-state index is 0.169. The standard InChI is InChI=1S/C11H10N2OS/c1-7(2)10(14)13-9-6-4-3-5-8(9)12-11(13)15/h3-6H,1H2,2H3,(H,12,15).